The Bertz CT molecular complexity index is 540. The first kappa shape index (κ1) is 15.4. The normalized spacial score (nSPS) is 18.3. The van der Waals surface area contributed by atoms with Crippen LogP contribution in [0.1, 0.15) is 18.4 Å². The van der Waals surface area contributed by atoms with Crippen LogP contribution in [0.25, 0.3) is 0 Å². The van der Waals surface area contributed by atoms with Gasteiger partial charge in [0, 0.05) is 12.6 Å². The van der Waals surface area contributed by atoms with Gasteiger partial charge < -0.3 is 4.90 Å². The van der Waals surface area contributed by atoms with Gasteiger partial charge in [-0.15, -0.1) is 0 Å². The molecule has 1 aromatic rings. The Morgan fingerprint density at radius 2 is 1.95 bits per heavy atom. The maximum Gasteiger partial charge on any atom is 0.208 e. The Morgan fingerprint density at radius 1 is 1.30 bits per heavy atom. The zero-order valence-electron chi connectivity index (χ0n) is 11.7. The van der Waals surface area contributed by atoms with Crippen LogP contribution in [0, 0.1) is 5.82 Å². The first-order chi connectivity index (χ1) is 9.44. The number of nitrogens with one attached hydrogen (secondary N) is 1. The topological polar surface area (TPSA) is 49.4 Å². The fraction of sp³-hybridized carbons (Fsp3) is 0.571. The molecule has 0 radical (unpaired) electrons. The second kappa shape index (κ2) is 6.65. The molecule has 112 valence electrons. The third-order valence-electron chi connectivity index (χ3n) is 3.62. The quantitative estimate of drug-likeness (QED) is 0.894. The van der Waals surface area contributed by atoms with E-state index in [1.807, 2.05) is 12.1 Å². The summed E-state index contributed by atoms with van der Waals surface area (Å²) in [5, 5.41) is 0. The number of benzene rings is 1. The fourth-order valence-corrected chi connectivity index (χ4v) is 3.40. The van der Waals surface area contributed by atoms with Gasteiger partial charge in [0.2, 0.25) is 10.0 Å². The molecule has 20 heavy (non-hydrogen) atoms. The summed E-state index contributed by atoms with van der Waals surface area (Å²) in [6, 6.07) is 6.88. The van der Waals surface area contributed by atoms with Crippen LogP contribution >= 0.6 is 0 Å². The fourth-order valence-electron chi connectivity index (χ4n) is 2.56. The molecule has 1 aliphatic heterocycles. The summed E-state index contributed by atoms with van der Waals surface area (Å²) in [6.45, 7) is 2.51. The molecule has 1 aromatic carbocycles. The highest BCUT2D eigenvalue weighted by Gasteiger charge is 2.21. The van der Waals surface area contributed by atoms with E-state index in [1.165, 1.54) is 12.3 Å². The van der Waals surface area contributed by atoms with Crippen molar-refractivity contribution in [3.05, 3.63) is 35.6 Å². The first-order valence-corrected chi connectivity index (χ1v) is 8.76. The highest BCUT2D eigenvalue weighted by Crippen LogP contribution is 2.13. The number of nitrogens with zero attached hydrogens (tertiary/aromatic N) is 1. The summed E-state index contributed by atoms with van der Waals surface area (Å²) >= 11 is 0. The highest BCUT2D eigenvalue weighted by molar-refractivity contribution is 7.88. The van der Waals surface area contributed by atoms with Gasteiger partial charge in [-0.2, -0.15) is 0 Å². The second-order valence-corrected chi connectivity index (χ2v) is 7.13. The van der Waals surface area contributed by atoms with Crippen LogP contribution in [0.3, 0.4) is 0 Å². The van der Waals surface area contributed by atoms with Crippen molar-refractivity contribution >= 4 is 10.0 Å². The molecule has 0 bridgehead atoms. The van der Waals surface area contributed by atoms with Crippen LogP contribution in [-0.4, -0.2) is 45.2 Å². The molecule has 0 aromatic heterocycles. The Hall–Kier alpha value is -0.980. The zero-order valence-corrected chi connectivity index (χ0v) is 12.5. The molecule has 1 aliphatic rings. The van der Waals surface area contributed by atoms with E-state index in [0.717, 1.165) is 38.0 Å². The number of likely N-dealkylation sites (tertiary alicyclic amines) is 1. The largest absolute Gasteiger partial charge is 0.303 e. The number of hydrogen-bond acceptors (Lipinski definition) is 3. The van der Waals surface area contributed by atoms with Crippen molar-refractivity contribution in [2.24, 2.45) is 0 Å². The third kappa shape index (κ3) is 4.85. The minimum atomic E-state index is -3.12. The van der Waals surface area contributed by atoms with Gasteiger partial charge in [-0.05, 0) is 44.0 Å². The van der Waals surface area contributed by atoms with Gasteiger partial charge in [0.1, 0.15) is 5.82 Å². The van der Waals surface area contributed by atoms with Crippen molar-refractivity contribution in [1.29, 1.82) is 0 Å². The molecule has 0 atom stereocenters. The third-order valence-corrected chi connectivity index (χ3v) is 4.39. The first-order valence-electron chi connectivity index (χ1n) is 6.87. The van der Waals surface area contributed by atoms with E-state index in [9.17, 15) is 12.8 Å². The molecular formula is C14H21FN2O2S. The highest BCUT2D eigenvalue weighted by atomic mass is 32.2. The van der Waals surface area contributed by atoms with Gasteiger partial charge in [0.05, 0.1) is 6.26 Å². The van der Waals surface area contributed by atoms with E-state index < -0.39 is 10.0 Å². The lowest BCUT2D eigenvalue weighted by molar-refractivity contribution is 0.209. The van der Waals surface area contributed by atoms with Gasteiger partial charge in [0.15, 0.2) is 0 Å². The van der Waals surface area contributed by atoms with Crippen LogP contribution in [-0.2, 0) is 16.4 Å². The summed E-state index contributed by atoms with van der Waals surface area (Å²) in [6.07, 6.45) is 3.50. The Balaban J connectivity index is 1.76. The summed E-state index contributed by atoms with van der Waals surface area (Å²) in [5.74, 6) is -0.152. The number of sulfonamides is 1. The molecule has 4 nitrogen and oxygen atoms in total. The van der Waals surface area contributed by atoms with Gasteiger partial charge in [-0.1, -0.05) is 18.2 Å². The monoisotopic (exact) mass is 300 g/mol. The zero-order chi connectivity index (χ0) is 14.6. The van der Waals surface area contributed by atoms with Crippen LogP contribution in [0.4, 0.5) is 4.39 Å². The van der Waals surface area contributed by atoms with Crippen LogP contribution in [0.2, 0.25) is 0 Å². The second-order valence-electron chi connectivity index (χ2n) is 5.35. The number of hydrogen-bond donors (Lipinski definition) is 1. The maximum atomic E-state index is 13.5. The molecule has 0 amide bonds. The predicted octanol–water partition coefficient (Wildman–Crippen LogP) is 1.38. The molecular weight excluding hydrogens is 279 g/mol. The van der Waals surface area contributed by atoms with Crippen LogP contribution < -0.4 is 4.72 Å². The van der Waals surface area contributed by atoms with E-state index >= 15 is 0 Å². The van der Waals surface area contributed by atoms with Crippen molar-refractivity contribution in [3.63, 3.8) is 0 Å². The summed E-state index contributed by atoms with van der Waals surface area (Å²) in [4.78, 5) is 2.26. The molecule has 1 heterocycles. The van der Waals surface area contributed by atoms with Crippen molar-refractivity contribution in [2.45, 2.75) is 25.3 Å². The lowest BCUT2D eigenvalue weighted by atomic mass is 10.1. The van der Waals surface area contributed by atoms with E-state index in [0.29, 0.717) is 6.42 Å². The molecule has 0 saturated carbocycles. The van der Waals surface area contributed by atoms with Gasteiger partial charge in [0.25, 0.3) is 0 Å². The average molecular weight is 300 g/mol. The predicted molar refractivity (Wildman–Crippen MR) is 77.5 cm³/mol. The van der Waals surface area contributed by atoms with E-state index in [2.05, 4.69) is 9.62 Å². The van der Waals surface area contributed by atoms with E-state index in [1.54, 1.807) is 6.07 Å². The molecule has 0 unspecified atom stereocenters. The van der Waals surface area contributed by atoms with Gasteiger partial charge in [-0.3, -0.25) is 0 Å². The van der Waals surface area contributed by atoms with Crippen molar-refractivity contribution in [1.82, 2.24) is 9.62 Å². The SMILES string of the molecule is CS(=O)(=O)NC1CCN(CCc2ccccc2F)CC1. The maximum absolute atomic E-state index is 13.5. The van der Waals surface area contributed by atoms with Crippen molar-refractivity contribution in [3.8, 4) is 0 Å². The summed E-state index contributed by atoms with van der Waals surface area (Å²) in [5.41, 5.74) is 0.740. The lowest BCUT2D eigenvalue weighted by Crippen LogP contribution is -2.44. The molecule has 0 aliphatic carbocycles. The molecule has 1 saturated heterocycles. The van der Waals surface area contributed by atoms with Crippen molar-refractivity contribution < 1.29 is 12.8 Å². The molecule has 6 heteroatoms. The molecule has 0 spiro atoms. The summed E-state index contributed by atoms with van der Waals surface area (Å²) in [7, 11) is -3.12. The minimum absolute atomic E-state index is 0.0368. The smallest absolute Gasteiger partial charge is 0.208 e. The van der Waals surface area contributed by atoms with Crippen molar-refractivity contribution in [2.75, 3.05) is 25.9 Å². The Kier molecular flexibility index (Phi) is 5.12. The number of halogens is 1. The Morgan fingerprint density at radius 3 is 2.55 bits per heavy atom. The standard InChI is InChI=1S/C14H21FN2O2S/c1-20(18,19)16-13-7-10-17(11-8-13)9-6-12-4-2-3-5-14(12)15/h2-5,13,16H,6-11H2,1H3. The Labute approximate surface area is 120 Å². The average Bonchev–Trinajstić information content (AvgIpc) is 2.38. The number of rotatable bonds is 5. The summed E-state index contributed by atoms with van der Waals surface area (Å²) < 4.78 is 38.5. The lowest BCUT2D eigenvalue weighted by Gasteiger charge is -2.31. The minimum Gasteiger partial charge on any atom is -0.303 e. The van der Waals surface area contributed by atoms with Crippen LogP contribution in [0.15, 0.2) is 24.3 Å². The number of piperidine rings is 1. The molecule has 1 N–H and O–H groups in total. The van der Waals surface area contributed by atoms with E-state index in [4.69, 9.17) is 0 Å². The van der Waals surface area contributed by atoms with Crippen LogP contribution in [0.5, 0.6) is 0 Å². The molecule has 2 rings (SSSR count). The molecule has 1 fully saturated rings. The van der Waals surface area contributed by atoms with Gasteiger partial charge >= 0.3 is 0 Å². The van der Waals surface area contributed by atoms with E-state index in [-0.39, 0.29) is 11.9 Å². The van der Waals surface area contributed by atoms with Gasteiger partial charge in [-0.25, -0.2) is 17.5 Å².